The molecule has 1 aromatic carbocycles. The van der Waals surface area contributed by atoms with E-state index in [2.05, 4.69) is 10.6 Å². The first-order valence-corrected chi connectivity index (χ1v) is 8.86. The molecule has 0 aliphatic carbocycles. The number of ether oxygens (including phenoxy) is 3. The van der Waals surface area contributed by atoms with Crippen LogP contribution in [-0.4, -0.2) is 62.4 Å². The van der Waals surface area contributed by atoms with E-state index in [-0.39, 0.29) is 12.0 Å². The summed E-state index contributed by atoms with van der Waals surface area (Å²) in [7, 11) is 1.85. The fourth-order valence-electron chi connectivity index (χ4n) is 2.97. The maximum atomic E-state index is 12.3. The van der Waals surface area contributed by atoms with Crippen molar-refractivity contribution >= 4 is 17.6 Å². The van der Waals surface area contributed by atoms with Gasteiger partial charge in [0.1, 0.15) is 13.2 Å². The van der Waals surface area contributed by atoms with Crippen LogP contribution in [0.3, 0.4) is 0 Å². The first kappa shape index (κ1) is 18.5. The van der Waals surface area contributed by atoms with Gasteiger partial charge in [-0.1, -0.05) is 0 Å². The number of carbonyl (C=O) groups excluding carboxylic acids is 2. The molecule has 1 saturated heterocycles. The molecule has 0 radical (unpaired) electrons. The average molecular weight is 363 g/mol. The molecule has 0 bridgehead atoms. The van der Waals surface area contributed by atoms with Crippen LogP contribution in [0.1, 0.15) is 19.8 Å². The van der Waals surface area contributed by atoms with Crippen molar-refractivity contribution in [2.45, 2.75) is 31.9 Å². The molecule has 8 heteroatoms. The van der Waals surface area contributed by atoms with E-state index in [9.17, 15) is 9.59 Å². The Balaban J connectivity index is 1.49. The van der Waals surface area contributed by atoms with Crippen molar-refractivity contribution in [2.24, 2.45) is 0 Å². The smallest absolute Gasteiger partial charge is 0.325 e. The molecule has 0 saturated carbocycles. The van der Waals surface area contributed by atoms with Gasteiger partial charge in [-0.25, -0.2) is 4.79 Å². The highest BCUT2D eigenvalue weighted by molar-refractivity contribution is 6.02. The third-order valence-corrected chi connectivity index (χ3v) is 4.59. The van der Waals surface area contributed by atoms with Gasteiger partial charge in [0.2, 0.25) is 5.91 Å². The number of rotatable bonds is 5. The molecule has 2 aliphatic rings. The molecule has 8 nitrogen and oxygen atoms in total. The van der Waals surface area contributed by atoms with Gasteiger partial charge in [0.05, 0.1) is 12.1 Å². The van der Waals surface area contributed by atoms with Gasteiger partial charge in [0.25, 0.3) is 0 Å². The summed E-state index contributed by atoms with van der Waals surface area (Å²) in [6, 6.07) is 4.08. The summed E-state index contributed by atoms with van der Waals surface area (Å²) < 4.78 is 16.5. The quantitative estimate of drug-likeness (QED) is 0.826. The molecule has 0 spiro atoms. The van der Waals surface area contributed by atoms with E-state index < -0.39 is 12.1 Å². The van der Waals surface area contributed by atoms with Crippen LogP contribution < -0.4 is 20.1 Å². The molecule has 0 aromatic heterocycles. The Hall–Kier alpha value is -2.32. The van der Waals surface area contributed by atoms with Crippen LogP contribution in [0.15, 0.2) is 18.2 Å². The van der Waals surface area contributed by atoms with Crippen molar-refractivity contribution in [2.75, 3.05) is 38.7 Å². The lowest BCUT2D eigenvalue weighted by molar-refractivity contribution is -0.124. The Morgan fingerprint density at radius 1 is 1.23 bits per heavy atom. The predicted molar refractivity (Wildman–Crippen MR) is 95.7 cm³/mol. The van der Waals surface area contributed by atoms with E-state index in [1.54, 1.807) is 25.1 Å². The summed E-state index contributed by atoms with van der Waals surface area (Å²) in [5.74, 6) is 0.855. The topological polar surface area (TPSA) is 89.1 Å². The number of amides is 3. The number of urea groups is 1. The lowest BCUT2D eigenvalue weighted by Gasteiger charge is -2.26. The largest absolute Gasteiger partial charge is 0.486 e. The van der Waals surface area contributed by atoms with Crippen LogP contribution in [0.25, 0.3) is 0 Å². The van der Waals surface area contributed by atoms with E-state index in [1.807, 2.05) is 11.9 Å². The molecular formula is C18H25N3O5. The maximum absolute atomic E-state index is 12.3. The summed E-state index contributed by atoms with van der Waals surface area (Å²) in [4.78, 5) is 26.3. The number of hydrogen-bond donors (Lipinski definition) is 2. The number of anilines is 1. The Morgan fingerprint density at radius 3 is 2.73 bits per heavy atom. The van der Waals surface area contributed by atoms with Crippen LogP contribution in [0.4, 0.5) is 10.5 Å². The number of benzene rings is 1. The van der Waals surface area contributed by atoms with Crippen molar-refractivity contribution in [3.05, 3.63) is 18.2 Å². The lowest BCUT2D eigenvalue weighted by Crippen LogP contribution is -2.48. The molecule has 2 atom stereocenters. The van der Waals surface area contributed by atoms with Crippen molar-refractivity contribution in [1.29, 1.82) is 0 Å². The van der Waals surface area contributed by atoms with Crippen molar-refractivity contribution in [3.8, 4) is 11.5 Å². The van der Waals surface area contributed by atoms with Crippen molar-refractivity contribution < 1.29 is 23.8 Å². The predicted octanol–water partition coefficient (Wildman–Crippen LogP) is 1.61. The van der Waals surface area contributed by atoms with Gasteiger partial charge in [0.15, 0.2) is 11.5 Å². The van der Waals surface area contributed by atoms with E-state index in [1.165, 1.54) is 0 Å². The number of hydrogen-bond acceptors (Lipinski definition) is 6. The first-order valence-electron chi connectivity index (χ1n) is 8.86. The number of carbonyl (C=O) groups is 2. The fourth-order valence-corrected chi connectivity index (χ4v) is 2.97. The molecule has 1 fully saturated rings. The minimum Gasteiger partial charge on any atom is -0.486 e. The molecule has 142 valence electrons. The minimum absolute atomic E-state index is 0.154. The Bertz CT molecular complexity index is 660. The molecule has 2 N–H and O–H groups in total. The number of likely N-dealkylation sites (N-methyl/N-ethyl adjacent to an activating group) is 1. The summed E-state index contributed by atoms with van der Waals surface area (Å²) in [6.45, 7) is 4.18. The highest BCUT2D eigenvalue weighted by atomic mass is 16.6. The van der Waals surface area contributed by atoms with Gasteiger partial charge in [0, 0.05) is 24.9 Å². The van der Waals surface area contributed by atoms with Crippen molar-refractivity contribution in [1.82, 2.24) is 10.2 Å². The molecule has 2 aliphatic heterocycles. The molecular weight excluding hydrogens is 338 g/mol. The highest BCUT2D eigenvalue weighted by Gasteiger charge is 2.24. The third kappa shape index (κ3) is 4.64. The standard InChI is InChI=1S/C18H25N3O5/c1-12(21(2)11-14-4-3-7-24-14)17(22)20-18(23)19-13-5-6-15-16(10-13)26-9-8-25-15/h5-6,10,12,14H,3-4,7-9,11H2,1-2H3,(H2,19,20,22,23). The zero-order valence-corrected chi connectivity index (χ0v) is 15.1. The SMILES string of the molecule is CC(C(=O)NC(=O)Nc1ccc2c(c1)OCCO2)N(C)CC1CCCO1. The molecule has 3 rings (SSSR count). The van der Waals surface area contributed by atoms with Gasteiger partial charge in [-0.15, -0.1) is 0 Å². The summed E-state index contributed by atoms with van der Waals surface area (Å²) >= 11 is 0. The zero-order chi connectivity index (χ0) is 18.5. The average Bonchev–Trinajstić information content (AvgIpc) is 3.13. The number of nitrogens with one attached hydrogen (secondary N) is 2. The monoisotopic (exact) mass is 363 g/mol. The highest BCUT2D eigenvalue weighted by Crippen LogP contribution is 2.32. The second-order valence-electron chi connectivity index (χ2n) is 6.55. The van der Waals surface area contributed by atoms with Gasteiger partial charge < -0.3 is 19.5 Å². The Morgan fingerprint density at radius 2 is 2.00 bits per heavy atom. The molecule has 26 heavy (non-hydrogen) atoms. The van der Waals surface area contributed by atoms with Gasteiger partial charge in [-0.2, -0.15) is 0 Å². The van der Waals surface area contributed by atoms with Crippen LogP contribution in [-0.2, 0) is 9.53 Å². The summed E-state index contributed by atoms with van der Waals surface area (Å²) in [5.41, 5.74) is 0.528. The maximum Gasteiger partial charge on any atom is 0.325 e. The van der Waals surface area contributed by atoms with Crippen LogP contribution in [0.5, 0.6) is 11.5 Å². The number of nitrogens with zero attached hydrogens (tertiary/aromatic N) is 1. The molecule has 2 unspecified atom stereocenters. The van der Waals surface area contributed by atoms with Crippen LogP contribution >= 0.6 is 0 Å². The van der Waals surface area contributed by atoms with Crippen LogP contribution in [0.2, 0.25) is 0 Å². The summed E-state index contributed by atoms with van der Waals surface area (Å²) in [6.07, 6.45) is 2.21. The molecule has 3 amide bonds. The van der Waals surface area contributed by atoms with Gasteiger partial charge >= 0.3 is 6.03 Å². The van der Waals surface area contributed by atoms with Crippen LogP contribution in [0, 0.1) is 0 Å². The third-order valence-electron chi connectivity index (χ3n) is 4.59. The minimum atomic E-state index is -0.580. The van der Waals surface area contributed by atoms with E-state index >= 15 is 0 Å². The van der Waals surface area contributed by atoms with E-state index in [4.69, 9.17) is 14.2 Å². The Kier molecular flexibility index (Phi) is 5.95. The van der Waals surface area contributed by atoms with Gasteiger partial charge in [-0.05, 0) is 38.9 Å². The number of fused-ring (bicyclic) bond motifs is 1. The molecule has 1 aromatic rings. The van der Waals surface area contributed by atoms with Crippen molar-refractivity contribution in [3.63, 3.8) is 0 Å². The second-order valence-corrected chi connectivity index (χ2v) is 6.55. The normalized spacial score (nSPS) is 19.9. The van der Waals surface area contributed by atoms with E-state index in [0.29, 0.717) is 36.9 Å². The first-order chi connectivity index (χ1) is 12.5. The van der Waals surface area contributed by atoms with E-state index in [0.717, 1.165) is 19.4 Å². The lowest BCUT2D eigenvalue weighted by atomic mass is 10.2. The second kappa shape index (κ2) is 8.37. The summed E-state index contributed by atoms with van der Waals surface area (Å²) in [5, 5.41) is 5.01. The van der Waals surface area contributed by atoms with Gasteiger partial charge in [-0.3, -0.25) is 15.0 Å². The zero-order valence-electron chi connectivity index (χ0n) is 15.1. The fraction of sp³-hybridized carbons (Fsp3) is 0.556. The number of imide groups is 1. The molecule has 2 heterocycles. The Labute approximate surface area is 152 Å².